The summed E-state index contributed by atoms with van der Waals surface area (Å²) in [6.07, 6.45) is -0.0976. The lowest BCUT2D eigenvalue weighted by Crippen LogP contribution is -2.39. The molecule has 2 N–H and O–H groups in total. The quantitative estimate of drug-likeness (QED) is 0.0973. The summed E-state index contributed by atoms with van der Waals surface area (Å²) in [6, 6.07) is 0. The Morgan fingerprint density at radius 1 is 0.487 bits per heavy atom. The van der Waals surface area contributed by atoms with Crippen molar-refractivity contribution in [1.82, 2.24) is 74.7 Å². The summed E-state index contributed by atoms with van der Waals surface area (Å²) in [4.78, 5) is 137. The smallest absolute Gasteiger partial charge is 0.332 e. The van der Waals surface area contributed by atoms with Gasteiger partial charge in [-0.2, -0.15) is 0 Å². The number of imidazole rings is 4. The van der Waals surface area contributed by atoms with Gasteiger partial charge in [-0.15, -0.1) is 0 Å². The Morgan fingerprint density at radius 3 is 1.16 bits per heavy atom. The molecule has 0 saturated carbocycles. The molecular formula is C52H76N16O12. The molecular weight excluding hydrogens is 1040 g/mol. The summed E-state index contributed by atoms with van der Waals surface area (Å²) in [6.45, 7) is 0.361. The highest BCUT2D eigenvalue weighted by atomic mass is 16.3. The van der Waals surface area contributed by atoms with Crippen LogP contribution in [0.25, 0.3) is 44.7 Å². The highest BCUT2D eigenvalue weighted by Crippen LogP contribution is 2.09. The summed E-state index contributed by atoms with van der Waals surface area (Å²) >= 11 is 0. The van der Waals surface area contributed by atoms with E-state index < -0.39 is 79.2 Å². The summed E-state index contributed by atoms with van der Waals surface area (Å²) in [5, 5.41) is 18.6. The zero-order valence-electron chi connectivity index (χ0n) is 58.3. The van der Waals surface area contributed by atoms with E-state index in [1.807, 2.05) is 0 Å². The number of Topliss-reactive ketones (excluding diaryl/α,β-unsaturated/α-hetero) is 2. The van der Waals surface area contributed by atoms with Crippen molar-refractivity contribution in [3.8, 4) is 0 Å². The number of ketones is 2. The average molecular weight is 1130 g/mol. The molecule has 0 bridgehead atoms. The molecule has 0 aliphatic rings. The first kappa shape index (κ1) is 46.7. The van der Waals surface area contributed by atoms with E-state index in [-0.39, 0.29) is 90.0 Å². The molecule has 0 aromatic carbocycles. The van der Waals surface area contributed by atoms with Crippen molar-refractivity contribution >= 4 is 56.2 Å². The van der Waals surface area contributed by atoms with Crippen molar-refractivity contribution in [3.63, 3.8) is 0 Å². The Balaban J connectivity index is 0.000000224. The fraction of sp³-hybridized carbons (Fsp3) is 0.577. The number of aromatic nitrogens is 16. The second-order valence-corrected chi connectivity index (χ2v) is 19.0. The van der Waals surface area contributed by atoms with Crippen LogP contribution in [0.5, 0.6) is 0 Å². The maximum absolute atomic E-state index is 12.7. The fourth-order valence-corrected chi connectivity index (χ4v) is 8.41. The molecule has 0 saturated heterocycles. The van der Waals surface area contributed by atoms with Crippen molar-refractivity contribution in [2.24, 2.45) is 56.2 Å². The van der Waals surface area contributed by atoms with Gasteiger partial charge in [-0.25, -0.2) is 39.1 Å². The Hall–Kier alpha value is -8.14. The van der Waals surface area contributed by atoms with E-state index in [0.29, 0.717) is 76.7 Å². The molecule has 2 atom stereocenters. The number of nitrogens with zero attached hydrogens (tertiary/aromatic N) is 16. The molecule has 2 unspecified atom stereocenters. The fourth-order valence-electron chi connectivity index (χ4n) is 8.41. The van der Waals surface area contributed by atoms with Gasteiger partial charge in [0, 0.05) is 109 Å². The van der Waals surface area contributed by atoms with Crippen LogP contribution in [-0.2, 0) is 92.0 Å². The SMILES string of the molecule is CC(=O)CCCCn1c(=O)c2c(ncn2C)n(C)c1=O.CC(O)CCCCn1c(=O)c2c(ncn2C)n(C)c1=O.[2H]c1nc2c(c(=O)n(CCCC([2H])([2H])C(C)=O)c(=O)n2C)n1C([2H])([2H])[2H].[2H]c1nc2c(c(=O)n(CCCC([2H])([2H])C(C)O)c(=O)n2C)n1C([2H])([2H])[2H]. The molecule has 0 fully saturated rings. The molecule has 28 heteroatoms. The zero-order chi connectivity index (χ0) is 69.8. The summed E-state index contributed by atoms with van der Waals surface area (Å²) in [5.41, 5.74) is -4.22. The van der Waals surface area contributed by atoms with E-state index in [2.05, 4.69) is 19.9 Å². The Labute approximate surface area is 474 Å². The first-order valence-electron chi connectivity index (χ1n) is 31.4. The zero-order valence-corrected chi connectivity index (χ0v) is 46.3. The molecule has 8 aromatic rings. The number of carbonyl (C=O) groups excluding carboxylic acids is 2. The molecule has 0 spiro atoms. The standard InChI is InChI=1S/2C13H20N4O3.2C13H18N4O3/c4*1-9(18)6-4-5-7-17-12(19)10-11(14-8-15(10)2)16(3)13(17)20/h2*8-9,18H,4-7H2,1-3H3;2*8H,4-7H2,1-3H3/i2D3,6D2,8D;;2D3,6D2,8D;. The van der Waals surface area contributed by atoms with Crippen LogP contribution < -0.4 is 45.0 Å². The molecule has 8 heterocycles. The first-order chi connectivity index (χ1) is 42.4. The lowest BCUT2D eigenvalue weighted by molar-refractivity contribution is -0.118. The minimum absolute atomic E-state index is 0.0167. The van der Waals surface area contributed by atoms with Crippen molar-refractivity contribution in [2.75, 3.05) is 0 Å². The summed E-state index contributed by atoms with van der Waals surface area (Å²) < 4.78 is 104. The molecule has 80 heavy (non-hydrogen) atoms. The maximum Gasteiger partial charge on any atom is 0.332 e. The van der Waals surface area contributed by atoms with Gasteiger partial charge in [-0.3, -0.25) is 55.7 Å². The number of rotatable bonds is 20. The second kappa shape index (κ2) is 27.6. The third-order valence-corrected chi connectivity index (χ3v) is 12.7. The first-order valence-corrected chi connectivity index (χ1v) is 25.4. The molecule has 8 aromatic heterocycles. The van der Waals surface area contributed by atoms with Crippen LogP contribution in [0.2, 0.25) is 0 Å². The van der Waals surface area contributed by atoms with E-state index in [4.69, 9.17) is 16.4 Å². The predicted octanol–water partition coefficient (Wildman–Crippen LogP) is 0.356. The topological polar surface area (TPSA) is 322 Å². The lowest BCUT2D eigenvalue weighted by atomic mass is 10.2. The third kappa shape index (κ3) is 14.4. The number of hydrogen-bond acceptors (Lipinski definition) is 16. The van der Waals surface area contributed by atoms with Crippen LogP contribution in [0.3, 0.4) is 0 Å². The summed E-state index contributed by atoms with van der Waals surface area (Å²) in [5.74, 6) is -0.542. The molecule has 0 aliphatic carbocycles. The second-order valence-electron chi connectivity index (χ2n) is 19.0. The van der Waals surface area contributed by atoms with E-state index in [0.717, 1.165) is 31.6 Å². The van der Waals surface area contributed by atoms with Gasteiger partial charge in [0.25, 0.3) is 22.2 Å². The van der Waals surface area contributed by atoms with Gasteiger partial charge in [0.05, 0.1) is 37.5 Å². The largest absolute Gasteiger partial charge is 0.393 e. The Bertz CT molecular complexity index is 4570. The van der Waals surface area contributed by atoms with Gasteiger partial charge in [-0.05, 0) is 91.9 Å². The maximum atomic E-state index is 12.7. The van der Waals surface area contributed by atoms with Crippen LogP contribution in [0.4, 0.5) is 0 Å². The van der Waals surface area contributed by atoms with E-state index >= 15 is 0 Å². The van der Waals surface area contributed by atoms with Gasteiger partial charge in [0.2, 0.25) is 0 Å². The van der Waals surface area contributed by atoms with Crippen molar-refractivity contribution in [2.45, 2.75) is 143 Å². The van der Waals surface area contributed by atoms with E-state index in [1.165, 1.54) is 58.9 Å². The van der Waals surface area contributed by atoms with Gasteiger partial charge >= 0.3 is 22.8 Å². The van der Waals surface area contributed by atoms with Crippen LogP contribution in [0.1, 0.15) is 121 Å². The minimum Gasteiger partial charge on any atom is -0.393 e. The van der Waals surface area contributed by atoms with Gasteiger partial charge in [-0.1, -0.05) is 0 Å². The molecule has 0 amide bonds. The van der Waals surface area contributed by atoms with Gasteiger partial charge in [0.15, 0.2) is 44.7 Å². The van der Waals surface area contributed by atoms with E-state index in [9.17, 15) is 58.2 Å². The minimum atomic E-state index is -2.83. The van der Waals surface area contributed by atoms with Crippen LogP contribution >= 0.6 is 0 Å². The number of aliphatic hydroxyl groups excluding tert-OH is 2. The number of aryl methyl sites for hydroxylation is 8. The predicted molar refractivity (Wildman–Crippen MR) is 301 cm³/mol. The number of unbranched alkanes of at least 4 members (excludes halogenated alkanes) is 2. The lowest BCUT2D eigenvalue weighted by Gasteiger charge is -2.09. The number of aliphatic hydroxyl groups is 2. The third-order valence-electron chi connectivity index (χ3n) is 12.7. The van der Waals surface area contributed by atoms with Crippen LogP contribution in [-0.4, -0.2) is 109 Å². The Morgan fingerprint density at radius 2 is 0.825 bits per heavy atom. The van der Waals surface area contributed by atoms with Gasteiger partial charge < -0.3 is 38.1 Å². The normalized spacial score (nSPS) is 14.9. The highest BCUT2D eigenvalue weighted by molar-refractivity contribution is 5.76. The summed E-state index contributed by atoms with van der Waals surface area (Å²) in [7, 11) is 9.28. The molecule has 0 radical (unpaired) electrons. The monoisotopic (exact) mass is 1130 g/mol. The number of carbonyl (C=O) groups is 2. The Kier molecular flexibility index (Phi) is 16.1. The van der Waals surface area contributed by atoms with E-state index in [1.54, 1.807) is 44.2 Å². The van der Waals surface area contributed by atoms with Crippen LogP contribution in [0, 0.1) is 0 Å². The van der Waals surface area contributed by atoms with Crippen molar-refractivity contribution in [3.05, 3.63) is 109 Å². The molecule has 0 aliphatic heterocycles. The highest BCUT2D eigenvalue weighted by Gasteiger charge is 2.18. The number of fused-ring (bicyclic) bond motifs is 4. The van der Waals surface area contributed by atoms with Crippen molar-refractivity contribution in [1.29, 1.82) is 0 Å². The average Bonchev–Trinajstić information content (AvgIpc) is 1.57. The molecule has 436 valence electrons. The number of hydrogen-bond donors (Lipinski definition) is 2. The van der Waals surface area contributed by atoms with Crippen molar-refractivity contribution < 1.29 is 36.3 Å². The van der Waals surface area contributed by atoms with Crippen LogP contribution in [0.15, 0.2) is 63.6 Å². The molecule has 28 nitrogen and oxygen atoms in total. The van der Waals surface area contributed by atoms with Gasteiger partial charge in [0.1, 0.15) is 14.3 Å². The molecule has 8 rings (SSSR count).